The van der Waals surface area contributed by atoms with E-state index in [1.807, 2.05) is 30.3 Å². The molecular weight excluding hydrogens is 356 g/mol. The number of amides is 2. The van der Waals surface area contributed by atoms with Crippen molar-refractivity contribution in [1.29, 1.82) is 0 Å². The quantitative estimate of drug-likeness (QED) is 0.511. The summed E-state index contributed by atoms with van der Waals surface area (Å²) in [5, 5.41) is 6.05. The molecule has 0 unspecified atom stereocenters. The van der Waals surface area contributed by atoms with E-state index in [9.17, 15) is 4.79 Å². The van der Waals surface area contributed by atoms with E-state index in [2.05, 4.69) is 86.0 Å². The zero-order valence-electron chi connectivity index (χ0n) is 17.5. The molecule has 0 saturated carbocycles. The number of carbonyl (C=O) groups is 1. The predicted molar refractivity (Wildman–Crippen MR) is 122 cm³/mol. The number of benzene rings is 3. The smallest absolute Gasteiger partial charge is 0.319 e. The van der Waals surface area contributed by atoms with Crippen molar-refractivity contribution in [2.24, 2.45) is 0 Å². The zero-order valence-corrected chi connectivity index (χ0v) is 17.5. The highest BCUT2D eigenvalue weighted by Crippen LogP contribution is 2.29. The first-order valence-electron chi connectivity index (χ1n) is 10.2. The lowest BCUT2D eigenvalue weighted by Crippen LogP contribution is -2.31. The summed E-state index contributed by atoms with van der Waals surface area (Å²) in [4.78, 5) is 12.5. The lowest BCUT2D eigenvalue weighted by molar-refractivity contribution is 0.252. The number of carbonyl (C=O) groups excluding carboxylic acids is 1. The molecule has 3 aromatic carbocycles. The molecule has 0 fully saturated rings. The SMILES string of the molecule is CC(C)(C)c1ccccc1NC(=O)NCCC(c1ccccc1)c1ccccc1. The summed E-state index contributed by atoms with van der Waals surface area (Å²) in [6.45, 7) is 7.04. The number of para-hydroxylation sites is 1. The molecule has 3 heteroatoms. The summed E-state index contributed by atoms with van der Waals surface area (Å²) in [5.41, 5.74) is 4.48. The van der Waals surface area contributed by atoms with Gasteiger partial charge in [-0.2, -0.15) is 0 Å². The molecule has 0 atom stereocenters. The maximum absolute atomic E-state index is 12.5. The second kappa shape index (κ2) is 9.42. The van der Waals surface area contributed by atoms with Crippen LogP contribution in [0.25, 0.3) is 0 Å². The molecule has 0 aliphatic carbocycles. The average molecular weight is 387 g/mol. The number of rotatable bonds is 6. The molecule has 0 aromatic heterocycles. The van der Waals surface area contributed by atoms with Crippen molar-refractivity contribution in [1.82, 2.24) is 5.32 Å². The second-order valence-electron chi connectivity index (χ2n) is 8.34. The summed E-state index contributed by atoms with van der Waals surface area (Å²) < 4.78 is 0. The topological polar surface area (TPSA) is 41.1 Å². The Morgan fingerprint density at radius 2 is 1.31 bits per heavy atom. The van der Waals surface area contributed by atoms with E-state index >= 15 is 0 Å². The standard InChI is InChI=1S/C26H30N2O/c1-26(2,3)23-16-10-11-17-24(23)28-25(29)27-19-18-22(20-12-6-4-7-13-20)21-14-8-5-9-15-21/h4-17,22H,18-19H2,1-3H3,(H2,27,28,29). The van der Waals surface area contributed by atoms with Gasteiger partial charge in [0.05, 0.1) is 0 Å². The lowest BCUT2D eigenvalue weighted by Gasteiger charge is -2.23. The first-order valence-corrected chi connectivity index (χ1v) is 10.2. The van der Waals surface area contributed by atoms with Crippen LogP contribution in [0, 0.1) is 0 Å². The monoisotopic (exact) mass is 386 g/mol. The van der Waals surface area contributed by atoms with Crippen molar-refractivity contribution in [3.8, 4) is 0 Å². The molecule has 150 valence electrons. The highest BCUT2D eigenvalue weighted by atomic mass is 16.2. The molecule has 29 heavy (non-hydrogen) atoms. The molecule has 0 aliphatic rings. The number of hydrogen-bond donors (Lipinski definition) is 2. The maximum Gasteiger partial charge on any atom is 0.319 e. The minimum Gasteiger partial charge on any atom is -0.338 e. The normalized spacial score (nSPS) is 11.3. The summed E-state index contributed by atoms with van der Waals surface area (Å²) in [5.74, 6) is 0.250. The molecule has 0 bridgehead atoms. The van der Waals surface area contributed by atoms with Crippen molar-refractivity contribution in [2.45, 2.75) is 38.5 Å². The van der Waals surface area contributed by atoms with Crippen LogP contribution in [0.5, 0.6) is 0 Å². The lowest BCUT2D eigenvalue weighted by atomic mass is 9.86. The van der Waals surface area contributed by atoms with Gasteiger partial charge in [-0.3, -0.25) is 0 Å². The first kappa shape index (κ1) is 20.7. The number of nitrogens with one attached hydrogen (secondary N) is 2. The van der Waals surface area contributed by atoms with Crippen molar-refractivity contribution >= 4 is 11.7 Å². The van der Waals surface area contributed by atoms with Crippen molar-refractivity contribution in [3.05, 3.63) is 102 Å². The summed E-state index contributed by atoms with van der Waals surface area (Å²) in [6, 6.07) is 28.7. The van der Waals surface area contributed by atoms with Crippen LogP contribution in [0.3, 0.4) is 0 Å². The van der Waals surface area contributed by atoms with Gasteiger partial charge in [0, 0.05) is 18.2 Å². The Bertz CT molecular complexity index is 875. The Morgan fingerprint density at radius 1 is 0.793 bits per heavy atom. The predicted octanol–water partition coefficient (Wildman–Crippen LogP) is 6.33. The van der Waals surface area contributed by atoms with Crippen molar-refractivity contribution in [2.75, 3.05) is 11.9 Å². The van der Waals surface area contributed by atoms with Crippen LogP contribution in [0.1, 0.15) is 49.8 Å². The molecule has 0 saturated heterocycles. The highest BCUT2D eigenvalue weighted by molar-refractivity contribution is 5.90. The van der Waals surface area contributed by atoms with Crippen LogP contribution in [0.15, 0.2) is 84.9 Å². The molecular formula is C26H30N2O. The first-order chi connectivity index (χ1) is 13.9. The summed E-state index contributed by atoms with van der Waals surface area (Å²) in [6.07, 6.45) is 0.836. The Morgan fingerprint density at radius 3 is 1.86 bits per heavy atom. The Kier molecular flexibility index (Phi) is 6.71. The van der Waals surface area contributed by atoms with Gasteiger partial charge >= 0.3 is 6.03 Å². The second-order valence-corrected chi connectivity index (χ2v) is 8.34. The molecule has 2 N–H and O–H groups in total. The van der Waals surface area contributed by atoms with E-state index in [1.54, 1.807) is 0 Å². The highest BCUT2D eigenvalue weighted by Gasteiger charge is 2.19. The van der Waals surface area contributed by atoms with Gasteiger partial charge in [0.25, 0.3) is 0 Å². The number of hydrogen-bond acceptors (Lipinski definition) is 1. The van der Waals surface area contributed by atoms with Gasteiger partial charge in [-0.15, -0.1) is 0 Å². The van der Waals surface area contributed by atoms with Gasteiger partial charge < -0.3 is 10.6 Å². The molecule has 3 nitrogen and oxygen atoms in total. The summed E-state index contributed by atoms with van der Waals surface area (Å²) in [7, 11) is 0. The molecule has 3 rings (SSSR count). The molecule has 0 radical (unpaired) electrons. The summed E-state index contributed by atoms with van der Waals surface area (Å²) >= 11 is 0. The van der Waals surface area contributed by atoms with Crippen molar-refractivity contribution in [3.63, 3.8) is 0 Å². The molecule has 0 aliphatic heterocycles. The molecule has 2 amide bonds. The van der Waals surface area contributed by atoms with E-state index < -0.39 is 0 Å². The van der Waals surface area contributed by atoms with Crippen LogP contribution < -0.4 is 10.6 Å². The van der Waals surface area contributed by atoms with Gasteiger partial charge in [-0.25, -0.2) is 4.79 Å². The third-order valence-electron chi connectivity index (χ3n) is 5.11. The van der Waals surface area contributed by atoms with Gasteiger partial charge in [-0.1, -0.05) is 99.6 Å². The largest absolute Gasteiger partial charge is 0.338 e. The fraction of sp³-hybridized carbons (Fsp3) is 0.269. The zero-order chi connectivity index (χ0) is 20.7. The maximum atomic E-state index is 12.5. The fourth-order valence-corrected chi connectivity index (χ4v) is 3.64. The van der Waals surface area contributed by atoms with E-state index in [4.69, 9.17) is 0 Å². The van der Waals surface area contributed by atoms with E-state index in [0.29, 0.717) is 6.54 Å². The third-order valence-corrected chi connectivity index (χ3v) is 5.11. The number of anilines is 1. The minimum atomic E-state index is -0.165. The fourth-order valence-electron chi connectivity index (χ4n) is 3.64. The molecule has 0 spiro atoms. The van der Waals surface area contributed by atoms with Crippen LogP contribution >= 0.6 is 0 Å². The van der Waals surface area contributed by atoms with Crippen LogP contribution in [0.2, 0.25) is 0 Å². The third kappa shape index (κ3) is 5.71. The molecule has 0 heterocycles. The van der Waals surface area contributed by atoms with Gasteiger partial charge in [0.2, 0.25) is 0 Å². The van der Waals surface area contributed by atoms with Crippen LogP contribution in [-0.4, -0.2) is 12.6 Å². The van der Waals surface area contributed by atoms with Gasteiger partial charge in [0.15, 0.2) is 0 Å². The van der Waals surface area contributed by atoms with E-state index in [1.165, 1.54) is 11.1 Å². The van der Waals surface area contributed by atoms with Gasteiger partial charge in [0.1, 0.15) is 0 Å². The van der Waals surface area contributed by atoms with Gasteiger partial charge in [-0.05, 0) is 34.6 Å². The Labute approximate surface area is 174 Å². The Hall–Kier alpha value is -3.07. The van der Waals surface area contributed by atoms with Crippen LogP contribution in [-0.2, 0) is 5.41 Å². The molecule has 3 aromatic rings. The average Bonchev–Trinajstić information content (AvgIpc) is 2.72. The minimum absolute atomic E-state index is 0.0322. The van der Waals surface area contributed by atoms with E-state index in [0.717, 1.165) is 17.7 Å². The Balaban J connectivity index is 1.64. The van der Waals surface area contributed by atoms with E-state index in [-0.39, 0.29) is 17.4 Å². The number of urea groups is 1. The van der Waals surface area contributed by atoms with Crippen LogP contribution in [0.4, 0.5) is 10.5 Å². The van der Waals surface area contributed by atoms with Crippen molar-refractivity contribution < 1.29 is 4.79 Å².